The third-order valence-electron chi connectivity index (χ3n) is 2.74. The summed E-state index contributed by atoms with van der Waals surface area (Å²) >= 11 is 0. The minimum absolute atomic E-state index is 0.209. The number of nitrogens with zero attached hydrogens (tertiary/aromatic N) is 2. The first kappa shape index (κ1) is 13.0. The van der Waals surface area contributed by atoms with Crippen molar-refractivity contribution in [2.45, 2.75) is 19.4 Å². The van der Waals surface area contributed by atoms with Gasteiger partial charge in [-0.05, 0) is 6.42 Å². The van der Waals surface area contributed by atoms with Gasteiger partial charge in [0.1, 0.15) is 18.0 Å². The van der Waals surface area contributed by atoms with Gasteiger partial charge in [0.2, 0.25) is 0 Å². The molecule has 1 aliphatic heterocycles. The van der Waals surface area contributed by atoms with Crippen molar-refractivity contribution in [3.8, 4) is 0 Å². The fraction of sp³-hybridized carbons (Fsp3) is 0.667. The maximum atomic E-state index is 5.61. The Kier molecular flexibility index (Phi) is 5.16. The number of rotatable bonds is 6. The molecule has 1 atom stereocenters. The summed E-state index contributed by atoms with van der Waals surface area (Å²) in [4.78, 5) is 8.36. The number of aromatic nitrogens is 2. The van der Waals surface area contributed by atoms with E-state index in [2.05, 4.69) is 32.8 Å². The fourth-order valence-corrected chi connectivity index (χ4v) is 1.77. The number of hydrogen-bond donors (Lipinski definition) is 3. The van der Waals surface area contributed by atoms with Crippen LogP contribution >= 0.6 is 0 Å². The van der Waals surface area contributed by atoms with E-state index in [0.717, 1.165) is 50.8 Å². The molecule has 3 N–H and O–H groups in total. The van der Waals surface area contributed by atoms with Crippen LogP contribution in [0.25, 0.3) is 0 Å². The Hall–Kier alpha value is -1.40. The second-order valence-corrected chi connectivity index (χ2v) is 4.29. The van der Waals surface area contributed by atoms with Crippen LogP contribution < -0.4 is 16.0 Å². The highest BCUT2D eigenvalue weighted by atomic mass is 16.5. The van der Waals surface area contributed by atoms with Crippen LogP contribution in [0.5, 0.6) is 0 Å². The molecule has 0 spiro atoms. The van der Waals surface area contributed by atoms with Crippen LogP contribution in [0.4, 0.5) is 11.6 Å². The van der Waals surface area contributed by atoms with Gasteiger partial charge in [0.25, 0.3) is 0 Å². The first-order valence-electron chi connectivity index (χ1n) is 6.50. The molecule has 1 fully saturated rings. The highest BCUT2D eigenvalue weighted by Crippen LogP contribution is 2.09. The average molecular weight is 251 g/mol. The van der Waals surface area contributed by atoms with E-state index < -0.39 is 0 Å². The zero-order valence-corrected chi connectivity index (χ0v) is 10.8. The number of anilines is 2. The predicted molar refractivity (Wildman–Crippen MR) is 71.9 cm³/mol. The number of hydrogen-bond acceptors (Lipinski definition) is 6. The van der Waals surface area contributed by atoms with Crippen LogP contribution in [0.15, 0.2) is 12.4 Å². The summed E-state index contributed by atoms with van der Waals surface area (Å²) in [6.07, 6.45) is 2.86. The Morgan fingerprint density at radius 1 is 1.39 bits per heavy atom. The highest BCUT2D eigenvalue weighted by Gasteiger charge is 2.12. The first-order valence-corrected chi connectivity index (χ1v) is 6.50. The van der Waals surface area contributed by atoms with Crippen molar-refractivity contribution >= 4 is 11.6 Å². The van der Waals surface area contributed by atoms with Crippen molar-refractivity contribution in [1.29, 1.82) is 0 Å². The summed E-state index contributed by atoms with van der Waals surface area (Å²) < 4.78 is 5.61. The summed E-state index contributed by atoms with van der Waals surface area (Å²) in [5.74, 6) is 1.69. The van der Waals surface area contributed by atoms with Gasteiger partial charge in [0, 0.05) is 32.2 Å². The molecule has 6 nitrogen and oxygen atoms in total. The van der Waals surface area contributed by atoms with E-state index in [4.69, 9.17) is 4.74 Å². The zero-order valence-electron chi connectivity index (χ0n) is 10.8. The molecule has 0 bridgehead atoms. The smallest absolute Gasteiger partial charge is 0.131 e. The summed E-state index contributed by atoms with van der Waals surface area (Å²) in [6.45, 7) is 6.41. The standard InChI is InChI=1S/C12H21N5O/c1-2-3-14-11-6-12(17-9-16-11)15-8-10-7-13-4-5-18-10/h6,9-10,13H,2-5,7-8H2,1H3,(H2,14,15,16,17). The maximum absolute atomic E-state index is 5.61. The van der Waals surface area contributed by atoms with Crippen LogP contribution in [-0.2, 0) is 4.74 Å². The van der Waals surface area contributed by atoms with Gasteiger partial charge in [0.15, 0.2) is 0 Å². The lowest BCUT2D eigenvalue weighted by molar-refractivity contribution is 0.0372. The van der Waals surface area contributed by atoms with E-state index >= 15 is 0 Å². The number of nitrogens with one attached hydrogen (secondary N) is 3. The van der Waals surface area contributed by atoms with Gasteiger partial charge in [0.05, 0.1) is 12.7 Å². The second kappa shape index (κ2) is 7.13. The molecule has 2 rings (SSSR count). The third-order valence-corrected chi connectivity index (χ3v) is 2.74. The van der Waals surface area contributed by atoms with Crippen molar-refractivity contribution in [3.05, 3.63) is 12.4 Å². The van der Waals surface area contributed by atoms with E-state index in [1.807, 2.05) is 6.07 Å². The monoisotopic (exact) mass is 251 g/mol. The molecule has 1 aromatic rings. The lowest BCUT2D eigenvalue weighted by atomic mass is 10.3. The summed E-state index contributed by atoms with van der Waals surface area (Å²) in [6, 6.07) is 1.92. The fourth-order valence-electron chi connectivity index (χ4n) is 1.77. The molecule has 0 saturated carbocycles. The van der Waals surface area contributed by atoms with Gasteiger partial charge in [-0.3, -0.25) is 0 Å². The molecule has 1 unspecified atom stereocenters. The minimum Gasteiger partial charge on any atom is -0.374 e. The molecule has 1 saturated heterocycles. The maximum Gasteiger partial charge on any atom is 0.131 e. The van der Waals surface area contributed by atoms with Crippen molar-refractivity contribution in [3.63, 3.8) is 0 Å². The van der Waals surface area contributed by atoms with Crippen LogP contribution in [0.1, 0.15) is 13.3 Å². The van der Waals surface area contributed by atoms with Gasteiger partial charge >= 0.3 is 0 Å². The van der Waals surface area contributed by atoms with E-state index in [9.17, 15) is 0 Å². The number of ether oxygens (including phenoxy) is 1. The Labute approximate surface area is 108 Å². The Bertz CT molecular complexity index is 354. The van der Waals surface area contributed by atoms with Gasteiger partial charge in [-0.15, -0.1) is 0 Å². The Morgan fingerprint density at radius 3 is 2.94 bits per heavy atom. The van der Waals surface area contributed by atoms with E-state index in [0.29, 0.717) is 0 Å². The molecule has 2 heterocycles. The van der Waals surface area contributed by atoms with Crippen molar-refractivity contribution in [1.82, 2.24) is 15.3 Å². The molecule has 100 valence electrons. The van der Waals surface area contributed by atoms with E-state index in [1.54, 1.807) is 6.33 Å². The molecular formula is C12H21N5O. The lowest BCUT2D eigenvalue weighted by Crippen LogP contribution is -2.42. The molecule has 1 aromatic heterocycles. The van der Waals surface area contributed by atoms with Crippen LogP contribution in [0, 0.1) is 0 Å². The first-order chi connectivity index (χ1) is 8.88. The summed E-state index contributed by atoms with van der Waals surface area (Å²) in [7, 11) is 0. The van der Waals surface area contributed by atoms with Crippen molar-refractivity contribution in [2.24, 2.45) is 0 Å². The van der Waals surface area contributed by atoms with Gasteiger partial charge < -0.3 is 20.7 Å². The lowest BCUT2D eigenvalue weighted by Gasteiger charge is -2.23. The normalized spacial score (nSPS) is 19.5. The zero-order chi connectivity index (χ0) is 12.6. The summed E-state index contributed by atoms with van der Waals surface area (Å²) in [5, 5.41) is 9.81. The molecular weight excluding hydrogens is 230 g/mol. The van der Waals surface area contributed by atoms with E-state index in [1.165, 1.54) is 0 Å². The Morgan fingerprint density at radius 2 is 2.22 bits per heavy atom. The molecule has 0 radical (unpaired) electrons. The van der Waals surface area contributed by atoms with Crippen LogP contribution in [0.3, 0.4) is 0 Å². The minimum atomic E-state index is 0.209. The second-order valence-electron chi connectivity index (χ2n) is 4.29. The van der Waals surface area contributed by atoms with Crippen LogP contribution in [-0.4, -0.2) is 48.9 Å². The van der Waals surface area contributed by atoms with E-state index in [-0.39, 0.29) is 6.10 Å². The molecule has 18 heavy (non-hydrogen) atoms. The molecule has 0 amide bonds. The highest BCUT2D eigenvalue weighted by molar-refractivity contribution is 5.46. The predicted octanol–water partition coefficient (Wildman–Crippen LogP) is 0.699. The molecule has 6 heteroatoms. The van der Waals surface area contributed by atoms with Gasteiger partial charge in [-0.1, -0.05) is 6.92 Å². The van der Waals surface area contributed by atoms with Gasteiger partial charge in [-0.2, -0.15) is 0 Å². The number of morpholine rings is 1. The molecule has 0 aliphatic carbocycles. The van der Waals surface area contributed by atoms with Crippen molar-refractivity contribution in [2.75, 3.05) is 43.4 Å². The van der Waals surface area contributed by atoms with Crippen molar-refractivity contribution < 1.29 is 4.74 Å². The Balaban J connectivity index is 1.80. The topological polar surface area (TPSA) is 71.1 Å². The van der Waals surface area contributed by atoms with Crippen LogP contribution in [0.2, 0.25) is 0 Å². The molecule has 1 aliphatic rings. The molecule has 0 aromatic carbocycles. The largest absolute Gasteiger partial charge is 0.374 e. The average Bonchev–Trinajstić information content (AvgIpc) is 2.44. The quantitative estimate of drug-likeness (QED) is 0.691. The summed E-state index contributed by atoms with van der Waals surface area (Å²) in [5.41, 5.74) is 0. The van der Waals surface area contributed by atoms with Gasteiger partial charge in [-0.25, -0.2) is 9.97 Å². The third kappa shape index (κ3) is 4.12. The SMILES string of the molecule is CCCNc1cc(NCC2CNCCO2)ncn1.